The lowest BCUT2D eigenvalue weighted by molar-refractivity contribution is 0.281. The van der Waals surface area contributed by atoms with E-state index >= 15 is 0 Å². The van der Waals surface area contributed by atoms with Gasteiger partial charge in [-0.05, 0) is 12.8 Å². The van der Waals surface area contributed by atoms with Crippen molar-refractivity contribution in [2.45, 2.75) is 57.9 Å². The van der Waals surface area contributed by atoms with Gasteiger partial charge in [0.2, 0.25) is 0 Å². The second-order valence-corrected chi connectivity index (χ2v) is 6.44. The largest absolute Gasteiger partial charge is 0.400 e. The van der Waals surface area contributed by atoms with Crippen LogP contribution in [0.1, 0.15) is 51.9 Å². The molecule has 0 fully saturated rings. The Kier molecular flexibility index (Phi) is 12.8. The Morgan fingerprint density at radius 1 is 0.875 bits per heavy atom. The third-order valence-electron chi connectivity index (χ3n) is 2.75. The van der Waals surface area contributed by atoms with E-state index in [1.807, 2.05) is 0 Å². The van der Waals surface area contributed by atoms with Crippen LogP contribution in [0.15, 0.2) is 12.2 Å². The molecule has 0 N–H and O–H groups in total. The molecular formula is C13H28O2Si. The molecule has 0 atom stereocenters. The number of rotatable bonds is 11. The van der Waals surface area contributed by atoms with E-state index in [0.717, 1.165) is 6.04 Å². The van der Waals surface area contributed by atoms with E-state index < -0.39 is 9.28 Å². The zero-order valence-electron chi connectivity index (χ0n) is 11.2. The average Bonchev–Trinajstić information content (AvgIpc) is 2.32. The molecule has 0 radical (unpaired) electrons. The van der Waals surface area contributed by atoms with Gasteiger partial charge in [-0.1, -0.05) is 51.2 Å². The predicted molar refractivity (Wildman–Crippen MR) is 73.1 cm³/mol. The molecule has 96 valence electrons. The fourth-order valence-electron chi connectivity index (χ4n) is 1.66. The molecule has 0 heterocycles. The monoisotopic (exact) mass is 244 g/mol. The van der Waals surface area contributed by atoms with Gasteiger partial charge in [-0.25, -0.2) is 0 Å². The van der Waals surface area contributed by atoms with Crippen LogP contribution in [-0.4, -0.2) is 23.5 Å². The van der Waals surface area contributed by atoms with Crippen molar-refractivity contribution in [2.75, 3.05) is 14.2 Å². The summed E-state index contributed by atoms with van der Waals surface area (Å²) in [7, 11) is 2.12. The van der Waals surface area contributed by atoms with E-state index in [2.05, 4.69) is 19.1 Å². The van der Waals surface area contributed by atoms with Crippen molar-refractivity contribution in [3.63, 3.8) is 0 Å². The second-order valence-electron chi connectivity index (χ2n) is 4.16. The third-order valence-corrected chi connectivity index (χ3v) is 4.45. The van der Waals surface area contributed by atoms with Crippen molar-refractivity contribution in [1.29, 1.82) is 0 Å². The first-order valence-electron chi connectivity index (χ1n) is 6.55. The first kappa shape index (κ1) is 15.9. The van der Waals surface area contributed by atoms with Crippen molar-refractivity contribution in [3.05, 3.63) is 12.2 Å². The van der Waals surface area contributed by atoms with Crippen LogP contribution in [0.5, 0.6) is 0 Å². The van der Waals surface area contributed by atoms with Crippen LogP contribution in [0, 0.1) is 0 Å². The zero-order valence-corrected chi connectivity index (χ0v) is 12.4. The van der Waals surface area contributed by atoms with Gasteiger partial charge >= 0.3 is 9.28 Å². The van der Waals surface area contributed by atoms with Gasteiger partial charge < -0.3 is 8.85 Å². The molecule has 0 saturated carbocycles. The molecule has 0 aliphatic heterocycles. The van der Waals surface area contributed by atoms with Crippen molar-refractivity contribution >= 4 is 9.28 Å². The SMILES string of the molecule is CCCCCCCCC=CC[SiH](OC)OC. The van der Waals surface area contributed by atoms with E-state index in [4.69, 9.17) is 8.85 Å². The minimum atomic E-state index is -1.35. The molecule has 0 aliphatic carbocycles. The Morgan fingerprint density at radius 3 is 2.12 bits per heavy atom. The lowest BCUT2D eigenvalue weighted by atomic mass is 10.1. The molecule has 2 nitrogen and oxygen atoms in total. The molecule has 0 aromatic heterocycles. The van der Waals surface area contributed by atoms with Crippen molar-refractivity contribution < 1.29 is 8.85 Å². The summed E-state index contributed by atoms with van der Waals surface area (Å²) in [5.74, 6) is 0. The number of unbranched alkanes of at least 4 members (excludes halogenated alkanes) is 6. The first-order chi connectivity index (χ1) is 7.85. The maximum absolute atomic E-state index is 5.24. The molecular weight excluding hydrogens is 216 g/mol. The van der Waals surface area contributed by atoms with Crippen molar-refractivity contribution in [1.82, 2.24) is 0 Å². The van der Waals surface area contributed by atoms with Gasteiger partial charge in [0.25, 0.3) is 0 Å². The number of allylic oxidation sites excluding steroid dienone is 2. The summed E-state index contributed by atoms with van der Waals surface area (Å²) in [6.45, 7) is 2.26. The van der Waals surface area contributed by atoms with E-state index in [9.17, 15) is 0 Å². The highest BCUT2D eigenvalue weighted by molar-refractivity contribution is 6.44. The van der Waals surface area contributed by atoms with Gasteiger partial charge in [0.15, 0.2) is 0 Å². The Labute approximate surface area is 103 Å². The van der Waals surface area contributed by atoms with E-state index in [1.54, 1.807) is 14.2 Å². The molecule has 0 aromatic rings. The summed E-state index contributed by atoms with van der Waals surface area (Å²) in [4.78, 5) is 0. The third kappa shape index (κ3) is 10.4. The smallest absolute Gasteiger partial charge is 0.324 e. The fourth-order valence-corrected chi connectivity index (χ4v) is 2.65. The standard InChI is InChI=1S/C13H28O2Si/c1-4-5-6-7-8-9-10-11-12-13-16(14-2)15-3/h11-12,16H,4-10,13H2,1-3H3. The number of hydrogen-bond acceptors (Lipinski definition) is 2. The van der Waals surface area contributed by atoms with Gasteiger partial charge in [0.05, 0.1) is 0 Å². The van der Waals surface area contributed by atoms with Gasteiger partial charge in [0, 0.05) is 20.3 Å². The maximum atomic E-state index is 5.24. The minimum absolute atomic E-state index is 0.989. The molecule has 0 bridgehead atoms. The molecule has 0 amide bonds. The normalized spacial score (nSPS) is 11.8. The van der Waals surface area contributed by atoms with E-state index in [-0.39, 0.29) is 0 Å². The average molecular weight is 244 g/mol. The molecule has 0 unspecified atom stereocenters. The van der Waals surface area contributed by atoms with Gasteiger partial charge in [-0.2, -0.15) is 0 Å². The van der Waals surface area contributed by atoms with Crippen LogP contribution >= 0.6 is 0 Å². The molecule has 0 spiro atoms. The molecule has 0 aliphatic rings. The second kappa shape index (κ2) is 12.9. The summed E-state index contributed by atoms with van der Waals surface area (Å²) in [5, 5.41) is 0. The van der Waals surface area contributed by atoms with Crippen LogP contribution in [-0.2, 0) is 8.85 Å². The first-order valence-corrected chi connectivity index (χ1v) is 8.31. The van der Waals surface area contributed by atoms with Gasteiger partial charge in [-0.15, -0.1) is 0 Å². The predicted octanol–water partition coefficient (Wildman–Crippen LogP) is 3.81. The summed E-state index contributed by atoms with van der Waals surface area (Å²) in [6.07, 6.45) is 13.9. The number of hydrogen-bond donors (Lipinski definition) is 0. The van der Waals surface area contributed by atoms with Gasteiger partial charge in [0.1, 0.15) is 0 Å². The maximum Gasteiger partial charge on any atom is 0.324 e. The summed E-state index contributed by atoms with van der Waals surface area (Å²) >= 11 is 0. The van der Waals surface area contributed by atoms with Crippen molar-refractivity contribution in [3.8, 4) is 0 Å². The highest BCUT2D eigenvalue weighted by Crippen LogP contribution is 2.07. The molecule has 0 rings (SSSR count). The Bertz CT molecular complexity index is 156. The van der Waals surface area contributed by atoms with Crippen LogP contribution < -0.4 is 0 Å². The lowest BCUT2D eigenvalue weighted by Crippen LogP contribution is -2.17. The summed E-state index contributed by atoms with van der Waals surface area (Å²) in [6, 6.07) is 0.989. The Morgan fingerprint density at radius 2 is 1.50 bits per heavy atom. The van der Waals surface area contributed by atoms with Gasteiger partial charge in [-0.3, -0.25) is 0 Å². The van der Waals surface area contributed by atoms with Crippen LogP contribution in [0.25, 0.3) is 0 Å². The molecule has 16 heavy (non-hydrogen) atoms. The summed E-state index contributed by atoms with van der Waals surface area (Å²) in [5.41, 5.74) is 0. The van der Waals surface area contributed by atoms with E-state index in [1.165, 1.54) is 44.9 Å². The van der Waals surface area contributed by atoms with E-state index in [0.29, 0.717) is 0 Å². The Hall–Kier alpha value is -0.123. The summed E-state index contributed by atoms with van der Waals surface area (Å²) < 4.78 is 10.5. The topological polar surface area (TPSA) is 18.5 Å². The molecule has 0 aromatic carbocycles. The van der Waals surface area contributed by atoms with Crippen molar-refractivity contribution in [2.24, 2.45) is 0 Å². The highest BCUT2D eigenvalue weighted by Gasteiger charge is 2.04. The minimum Gasteiger partial charge on any atom is -0.400 e. The van der Waals surface area contributed by atoms with Crippen LogP contribution in [0.2, 0.25) is 6.04 Å². The Balaban J connectivity index is 3.21. The molecule has 3 heteroatoms. The van der Waals surface area contributed by atoms with Crippen LogP contribution in [0.3, 0.4) is 0 Å². The van der Waals surface area contributed by atoms with Crippen LogP contribution in [0.4, 0.5) is 0 Å². The lowest BCUT2D eigenvalue weighted by Gasteiger charge is -2.06. The fraction of sp³-hybridized carbons (Fsp3) is 0.846. The quantitative estimate of drug-likeness (QED) is 0.313. The highest BCUT2D eigenvalue weighted by atomic mass is 28.3. The zero-order chi connectivity index (χ0) is 12.1. The molecule has 0 saturated heterocycles.